The van der Waals surface area contributed by atoms with Crippen LogP contribution >= 0.6 is 24.0 Å². The standard InChI is InChI=1S/C20H27N3O2.HI/c1-3-21-20(23-13-18-5-4-10-24-18)22-12-17-9-6-15(2)11-19(17)25-14-16-7-8-16;/h4-6,9-11,16H,3,7-8,12-14H2,1-2H3,(H2,21,22,23);1H. The van der Waals surface area contributed by atoms with Crippen LogP contribution in [0.15, 0.2) is 46.0 Å². The summed E-state index contributed by atoms with van der Waals surface area (Å²) >= 11 is 0. The lowest BCUT2D eigenvalue weighted by Gasteiger charge is -2.13. The lowest BCUT2D eigenvalue weighted by molar-refractivity contribution is 0.296. The van der Waals surface area contributed by atoms with Crippen molar-refractivity contribution in [3.05, 3.63) is 53.5 Å². The molecule has 6 heteroatoms. The Hall–Kier alpha value is -1.70. The Balaban J connectivity index is 0.00000243. The predicted octanol–water partition coefficient (Wildman–Crippen LogP) is 4.25. The molecule has 1 fully saturated rings. The van der Waals surface area contributed by atoms with Crippen molar-refractivity contribution in [3.8, 4) is 5.75 Å². The Morgan fingerprint density at radius 1 is 1.27 bits per heavy atom. The molecule has 26 heavy (non-hydrogen) atoms. The molecule has 1 saturated carbocycles. The summed E-state index contributed by atoms with van der Waals surface area (Å²) in [6.07, 6.45) is 4.26. The number of benzene rings is 1. The van der Waals surface area contributed by atoms with Gasteiger partial charge in [-0.25, -0.2) is 4.99 Å². The first-order chi connectivity index (χ1) is 12.2. The number of nitrogens with one attached hydrogen (secondary N) is 2. The van der Waals surface area contributed by atoms with Crippen molar-refractivity contribution in [1.29, 1.82) is 0 Å². The number of halogens is 1. The van der Waals surface area contributed by atoms with E-state index in [4.69, 9.17) is 9.15 Å². The third-order valence-corrected chi connectivity index (χ3v) is 4.16. The van der Waals surface area contributed by atoms with E-state index in [1.807, 2.05) is 12.1 Å². The fraction of sp³-hybridized carbons (Fsp3) is 0.450. The van der Waals surface area contributed by atoms with E-state index >= 15 is 0 Å². The molecule has 2 aromatic rings. The Bertz CT molecular complexity index is 697. The van der Waals surface area contributed by atoms with Crippen LogP contribution in [0.3, 0.4) is 0 Å². The van der Waals surface area contributed by atoms with Gasteiger partial charge < -0.3 is 19.8 Å². The maximum Gasteiger partial charge on any atom is 0.191 e. The number of aryl methyl sites for hydroxylation is 1. The van der Waals surface area contributed by atoms with Crippen LogP contribution in [0.25, 0.3) is 0 Å². The molecule has 1 heterocycles. The van der Waals surface area contributed by atoms with Gasteiger partial charge in [-0.2, -0.15) is 0 Å². The molecule has 0 radical (unpaired) electrons. The van der Waals surface area contributed by atoms with E-state index in [0.717, 1.165) is 42.1 Å². The number of nitrogens with zero attached hydrogens (tertiary/aromatic N) is 1. The summed E-state index contributed by atoms with van der Waals surface area (Å²) in [5, 5.41) is 6.55. The zero-order valence-corrected chi connectivity index (χ0v) is 17.8. The fourth-order valence-corrected chi connectivity index (χ4v) is 2.51. The van der Waals surface area contributed by atoms with Crippen molar-refractivity contribution in [2.75, 3.05) is 13.2 Å². The minimum Gasteiger partial charge on any atom is -0.493 e. The SMILES string of the molecule is CCNC(=NCc1ccc(C)cc1OCC1CC1)NCc1ccco1.I. The monoisotopic (exact) mass is 469 g/mol. The molecule has 0 saturated heterocycles. The first-order valence-corrected chi connectivity index (χ1v) is 9.01. The summed E-state index contributed by atoms with van der Waals surface area (Å²) < 4.78 is 11.4. The van der Waals surface area contributed by atoms with Crippen LogP contribution in [0.4, 0.5) is 0 Å². The number of aliphatic imine (C=N–C) groups is 1. The summed E-state index contributed by atoms with van der Waals surface area (Å²) in [5.74, 6) is 3.35. The summed E-state index contributed by atoms with van der Waals surface area (Å²) in [6.45, 7) is 6.96. The number of ether oxygens (including phenoxy) is 1. The smallest absolute Gasteiger partial charge is 0.191 e. The second kappa shape index (κ2) is 10.4. The molecule has 0 bridgehead atoms. The largest absolute Gasteiger partial charge is 0.493 e. The van der Waals surface area contributed by atoms with Gasteiger partial charge in [-0.05, 0) is 56.4 Å². The highest BCUT2D eigenvalue weighted by molar-refractivity contribution is 14.0. The molecule has 0 atom stereocenters. The summed E-state index contributed by atoms with van der Waals surface area (Å²) in [4.78, 5) is 4.69. The molecule has 0 spiro atoms. The second-order valence-corrected chi connectivity index (χ2v) is 6.49. The lowest BCUT2D eigenvalue weighted by Crippen LogP contribution is -2.36. The molecule has 1 aliphatic carbocycles. The van der Waals surface area contributed by atoms with Gasteiger partial charge >= 0.3 is 0 Å². The second-order valence-electron chi connectivity index (χ2n) is 6.49. The number of rotatable bonds is 8. The van der Waals surface area contributed by atoms with Gasteiger partial charge in [-0.3, -0.25) is 0 Å². The molecular weight excluding hydrogens is 441 g/mol. The molecule has 3 rings (SSSR count). The van der Waals surface area contributed by atoms with Gasteiger partial charge in [-0.1, -0.05) is 12.1 Å². The zero-order valence-electron chi connectivity index (χ0n) is 15.5. The first-order valence-electron chi connectivity index (χ1n) is 9.01. The number of guanidine groups is 1. The highest BCUT2D eigenvalue weighted by Crippen LogP contribution is 2.30. The molecule has 0 aliphatic heterocycles. The molecule has 0 amide bonds. The van der Waals surface area contributed by atoms with E-state index in [2.05, 4.69) is 47.7 Å². The van der Waals surface area contributed by atoms with Crippen molar-refractivity contribution < 1.29 is 9.15 Å². The Kier molecular flexibility index (Phi) is 8.28. The predicted molar refractivity (Wildman–Crippen MR) is 115 cm³/mol. The summed E-state index contributed by atoms with van der Waals surface area (Å²) in [5.41, 5.74) is 2.32. The van der Waals surface area contributed by atoms with E-state index in [1.165, 1.54) is 18.4 Å². The molecule has 2 N–H and O–H groups in total. The molecule has 142 valence electrons. The van der Waals surface area contributed by atoms with Crippen molar-refractivity contribution in [2.45, 2.75) is 39.8 Å². The normalized spacial score (nSPS) is 13.8. The molecule has 1 aromatic heterocycles. The highest BCUT2D eigenvalue weighted by atomic mass is 127. The van der Waals surface area contributed by atoms with Crippen molar-refractivity contribution in [1.82, 2.24) is 10.6 Å². The summed E-state index contributed by atoms with van der Waals surface area (Å²) in [7, 11) is 0. The van der Waals surface area contributed by atoms with Gasteiger partial charge in [0.1, 0.15) is 11.5 Å². The Labute approximate surface area is 172 Å². The van der Waals surface area contributed by atoms with Gasteiger partial charge in [0.25, 0.3) is 0 Å². The number of furan rings is 1. The fourth-order valence-electron chi connectivity index (χ4n) is 2.51. The topological polar surface area (TPSA) is 58.8 Å². The van der Waals surface area contributed by atoms with E-state index in [-0.39, 0.29) is 24.0 Å². The van der Waals surface area contributed by atoms with Crippen LogP contribution in [-0.2, 0) is 13.1 Å². The highest BCUT2D eigenvalue weighted by Gasteiger charge is 2.22. The number of hydrogen-bond donors (Lipinski definition) is 2. The summed E-state index contributed by atoms with van der Waals surface area (Å²) in [6, 6.07) is 10.2. The number of hydrogen-bond acceptors (Lipinski definition) is 3. The van der Waals surface area contributed by atoms with Crippen LogP contribution in [0, 0.1) is 12.8 Å². The Morgan fingerprint density at radius 3 is 2.81 bits per heavy atom. The molecule has 5 nitrogen and oxygen atoms in total. The minimum atomic E-state index is 0. The van der Waals surface area contributed by atoms with E-state index in [9.17, 15) is 0 Å². The van der Waals surface area contributed by atoms with Crippen LogP contribution in [-0.4, -0.2) is 19.1 Å². The average molecular weight is 469 g/mol. The van der Waals surface area contributed by atoms with Crippen LogP contribution in [0.1, 0.15) is 36.7 Å². The van der Waals surface area contributed by atoms with Crippen LogP contribution in [0.5, 0.6) is 5.75 Å². The zero-order chi connectivity index (χ0) is 17.5. The average Bonchev–Trinajstić information content (AvgIpc) is 3.30. The maximum atomic E-state index is 6.03. The molecule has 1 aromatic carbocycles. The lowest BCUT2D eigenvalue weighted by atomic mass is 10.1. The first kappa shape index (κ1) is 20.6. The maximum absolute atomic E-state index is 6.03. The van der Waals surface area contributed by atoms with Crippen LogP contribution in [0.2, 0.25) is 0 Å². The minimum absolute atomic E-state index is 0. The van der Waals surface area contributed by atoms with Gasteiger partial charge in [0.2, 0.25) is 0 Å². The van der Waals surface area contributed by atoms with E-state index < -0.39 is 0 Å². The quantitative estimate of drug-likeness (QED) is 0.345. The van der Waals surface area contributed by atoms with Gasteiger partial charge in [-0.15, -0.1) is 24.0 Å². The third-order valence-electron chi connectivity index (χ3n) is 4.16. The van der Waals surface area contributed by atoms with E-state index in [0.29, 0.717) is 13.1 Å². The van der Waals surface area contributed by atoms with Crippen LogP contribution < -0.4 is 15.4 Å². The van der Waals surface area contributed by atoms with Gasteiger partial charge in [0, 0.05) is 12.1 Å². The molecular formula is C20H28IN3O2. The van der Waals surface area contributed by atoms with Gasteiger partial charge in [0.15, 0.2) is 5.96 Å². The third kappa shape index (κ3) is 6.55. The van der Waals surface area contributed by atoms with E-state index in [1.54, 1.807) is 6.26 Å². The molecule has 0 unspecified atom stereocenters. The van der Waals surface area contributed by atoms with Crippen molar-refractivity contribution in [2.24, 2.45) is 10.9 Å². The van der Waals surface area contributed by atoms with Gasteiger partial charge in [0.05, 0.1) is 26.0 Å². The Morgan fingerprint density at radius 2 is 2.12 bits per heavy atom. The van der Waals surface area contributed by atoms with Crippen molar-refractivity contribution >= 4 is 29.9 Å². The van der Waals surface area contributed by atoms with Crippen molar-refractivity contribution in [3.63, 3.8) is 0 Å². The molecule has 1 aliphatic rings.